The second-order valence-corrected chi connectivity index (χ2v) is 7.50. The Kier molecular flexibility index (Phi) is 6.03. The van der Waals surface area contributed by atoms with Gasteiger partial charge in [0.25, 0.3) is 5.91 Å². The third-order valence-corrected chi connectivity index (χ3v) is 5.21. The molecule has 1 aromatic heterocycles. The standard InChI is InChI=1S/C22H22FN5O3/c23-16-7-3-5-14(11-16)21-26-22(31-27-21)15-6-4-10-28(12-15)13-19(29)25-18-9-2-1-8-17(18)20(24)30/h1-3,5,7-9,11,15H,4,6,10,12-13H2,(H2,24,30)(H,25,29). The second-order valence-electron chi connectivity index (χ2n) is 7.50. The lowest BCUT2D eigenvalue weighted by Gasteiger charge is -2.30. The number of benzene rings is 2. The summed E-state index contributed by atoms with van der Waals surface area (Å²) in [7, 11) is 0. The van der Waals surface area contributed by atoms with Crippen LogP contribution in [-0.4, -0.2) is 46.5 Å². The van der Waals surface area contributed by atoms with Gasteiger partial charge in [0.1, 0.15) is 5.82 Å². The van der Waals surface area contributed by atoms with Crippen molar-refractivity contribution in [2.45, 2.75) is 18.8 Å². The fourth-order valence-corrected chi connectivity index (χ4v) is 3.75. The molecule has 1 saturated heterocycles. The van der Waals surface area contributed by atoms with Crippen molar-refractivity contribution in [2.24, 2.45) is 5.73 Å². The molecule has 160 valence electrons. The van der Waals surface area contributed by atoms with Crippen molar-refractivity contribution in [2.75, 3.05) is 25.0 Å². The number of rotatable bonds is 6. The van der Waals surface area contributed by atoms with Crippen molar-refractivity contribution in [1.82, 2.24) is 15.0 Å². The second kappa shape index (κ2) is 9.05. The zero-order valence-electron chi connectivity index (χ0n) is 16.8. The first kappa shape index (κ1) is 20.7. The molecule has 3 aromatic rings. The number of amides is 2. The highest BCUT2D eigenvalue weighted by molar-refractivity contribution is 6.03. The Morgan fingerprint density at radius 2 is 2.06 bits per heavy atom. The summed E-state index contributed by atoms with van der Waals surface area (Å²) in [6.07, 6.45) is 1.72. The Bertz CT molecular complexity index is 1100. The average molecular weight is 423 g/mol. The van der Waals surface area contributed by atoms with E-state index in [-0.39, 0.29) is 29.8 Å². The number of piperidine rings is 1. The van der Waals surface area contributed by atoms with Crippen LogP contribution in [0.3, 0.4) is 0 Å². The summed E-state index contributed by atoms with van der Waals surface area (Å²) in [5.74, 6) is -0.401. The van der Waals surface area contributed by atoms with E-state index in [1.165, 1.54) is 12.1 Å². The smallest absolute Gasteiger partial charge is 0.250 e. The Labute approximate surface area is 178 Å². The average Bonchev–Trinajstić information content (AvgIpc) is 3.24. The highest BCUT2D eigenvalue weighted by Crippen LogP contribution is 2.27. The van der Waals surface area contributed by atoms with E-state index in [2.05, 4.69) is 15.5 Å². The molecule has 2 aromatic carbocycles. The van der Waals surface area contributed by atoms with Crippen molar-refractivity contribution in [1.29, 1.82) is 0 Å². The molecule has 9 heteroatoms. The third kappa shape index (κ3) is 4.95. The number of anilines is 1. The van der Waals surface area contributed by atoms with Gasteiger partial charge in [0.2, 0.25) is 17.6 Å². The molecular weight excluding hydrogens is 401 g/mol. The van der Waals surface area contributed by atoms with Gasteiger partial charge in [-0.15, -0.1) is 0 Å². The Morgan fingerprint density at radius 3 is 2.87 bits per heavy atom. The maximum Gasteiger partial charge on any atom is 0.250 e. The normalized spacial score (nSPS) is 16.7. The molecule has 1 unspecified atom stereocenters. The summed E-state index contributed by atoms with van der Waals surface area (Å²) in [6.45, 7) is 1.50. The van der Waals surface area contributed by atoms with Crippen LogP contribution in [0.1, 0.15) is 35.0 Å². The molecule has 1 fully saturated rings. The number of nitrogens with zero attached hydrogens (tertiary/aromatic N) is 3. The molecule has 0 saturated carbocycles. The summed E-state index contributed by atoms with van der Waals surface area (Å²) in [5, 5.41) is 6.73. The lowest BCUT2D eigenvalue weighted by atomic mass is 9.98. The van der Waals surface area contributed by atoms with Gasteiger partial charge in [-0.25, -0.2) is 4.39 Å². The molecule has 1 aliphatic heterocycles. The van der Waals surface area contributed by atoms with Crippen LogP contribution in [0, 0.1) is 5.82 Å². The van der Waals surface area contributed by atoms with Gasteiger partial charge in [-0.1, -0.05) is 29.4 Å². The topological polar surface area (TPSA) is 114 Å². The molecule has 0 spiro atoms. The molecular formula is C22H22FN5O3. The van der Waals surface area contributed by atoms with Crippen LogP contribution >= 0.6 is 0 Å². The van der Waals surface area contributed by atoms with Gasteiger partial charge < -0.3 is 15.6 Å². The first-order chi connectivity index (χ1) is 15.0. The Balaban J connectivity index is 1.39. The highest BCUT2D eigenvalue weighted by atomic mass is 19.1. The SMILES string of the molecule is NC(=O)c1ccccc1NC(=O)CN1CCCC(c2nc(-c3cccc(F)c3)no2)C1. The van der Waals surface area contributed by atoms with Gasteiger partial charge in [-0.05, 0) is 43.7 Å². The van der Waals surface area contributed by atoms with Gasteiger partial charge in [0.05, 0.1) is 23.7 Å². The number of aromatic nitrogens is 2. The number of carbonyl (C=O) groups excluding carboxylic acids is 2. The van der Waals surface area contributed by atoms with Crippen molar-refractivity contribution in [3.8, 4) is 11.4 Å². The molecule has 31 heavy (non-hydrogen) atoms. The first-order valence-electron chi connectivity index (χ1n) is 10.00. The van der Waals surface area contributed by atoms with Crippen LogP contribution in [0.4, 0.5) is 10.1 Å². The predicted molar refractivity (Wildman–Crippen MR) is 112 cm³/mol. The fourth-order valence-electron chi connectivity index (χ4n) is 3.75. The van der Waals surface area contributed by atoms with Crippen LogP contribution in [0.15, 0.2) is 53.1 Å². The molecule has 3 N–H and O–H groups in total. The van der Waals surface area contributed by atoms with Crippen molar-refractivity contribution >= 4 is 17.5 Å². The largest absolute Gasteiger partial charge is 0.366 e. The number of halogens is 1. The van der Waals surface area contributed by atoms with Gasteiger partial charge in [0, 0.05) is 12.1 Å². The van der Waals surface area contributed by atoms with E-state index in [9.17, 15) is 14.0 Å². The van der Waals surface area contributed by atoms with Crippen LogP contribution in [0.25, 0.3) is 11.4 Å². The molecule has 0 bridgehead atoms. The minimum Gasteiger partial charge on any atom is -0.366 e. The number of hydrogen-bond donors (Lipinski definition) is 2. The van der Waals surface area contributed by atoms with Crippen molar-refractivity contribution < 1.29 is 18.5 Å². The molecule has 2 heterocycles. The number of primary amides is 1. The maximum absolute atomic E-state index is 13.5. The van der Waals surface area contributed by atoms with Crippen LogP contribution < -0.4 is 11.1 Å². The van der Waals surface area contributed by atoms with E-state index in [0.717, 1.165) is 19.4 Å². The zero-order valence-corrected chi connectivity index (χ0v) is 16.8. The Hall–Kier alpha value is -3.59. The fraction of sp³-hybridized carbons (Fsp3) is 0.273. The molecule has 4 rings (SSSR count). The number of nitrogens with two attached hydrogens (primary N) is 1. The monoisotopic (exact) mass is 423 g/mol. The lowest BCUT2D eigenvalue weighted by molar-refractivity contribution is -0.117. The molecule has 8 nitrogen and oxygen atoms in total. The summed E-state index contributed by atoms with van der Waals surface area (Å²) < 4.78 is 18.9. The minimum atomic E-state index is -0.598. The predicted octanol–water partition coefficient (Wildman–Crippen LogP) is 2.79. The number of para-hydroxylation sites is 1. The number of carbonyl (C=O) groups is 2. The maximum atomic E-state index is 13.5. The van der Waals surface area contributed by atoms with E-state index >= 15 is 0 Å². The van der Waals surface area contributed by atoms with E-state index < -0.39 is 5.91 Å². The summed E-state index contributed by atoms with van der Waals surface area (Å²) in [5.41, 5.74) is 6.58. The van der Waals surface area contributed by atoms with Crippen LogP contribution in [0.2, 0.25) is 0 Å². The van der Waals surface area contributed by atoms with Crippen molar-refractivity contribution in [3.05, 3.63) is 65.8 Å². The molecule has 0 aliphatic carbocycles. The lowest BCUT2D eigenvalue weighted by Crippen LogP contribution is -2.40. The summed E-state index contributed by atoms with van der Waals surface area (Å²) in [6, 6.07) is 12.7. The van der Waals surface area contributed by atoms with Crippen LogP contribution in [-0.2, 0) is 4.79 Å². The molecule has 1 aliphatic rings. The number of nitrogens with one attached hydrogen (secondary N) is 1. The van der Waals surface area contributed by atoms with Gasteiger partial charge in [0.15, 0.2) is 0 Å². The third-order valence-electron chi connectivity index (χ3n) is 5.21. The quantitative estimate of drug-likeness (QED) is 0.630. The molecule has 2 amide bonds. The first-order valence-corrected chi connectivity index (χ1v) is 10.00. The molecule has 1 atom stereocenters. The van der Waals surface area contributed by atoms with Gasteiger partial charge in [-0.2, -0.15) is 4.98 Å². The van der Waals surface area contributed by atoms with E-state index in [0.29, 0.717) is 29.5 Å². The minimum absolute atomic E-state index is 0.0192. The highest BCUT2D eigenvalue weighted by Gasteiger charge is 2.27. The Morgan fingerprint density at radius 1 is 1.23 bits per heavy atom. The molecule has 0 radical (unpaired) electrons. The van der Waals surface area contributed by atoms with E-state index in [1.54, 1.807) is 36.4 Å². The summed E-state index contributed by atoms with van der Waals surface area (Å²) >= 11 is 0. The van der Waals surface area contributed by atoms with E-state index in [4.69, 9.17) is 10.3 Å². The van der Waals surface area contributed by atoms with Crippen molar-refractivity contribution in [3.63, 3.8) is 0 Å². The van der Waals surface area contributed by atoms with Gasteiger partial charge >= 0.3 is 0 Å². The van der Waals surface area contributed by atoms with Crippen LogP contribution in [0.5, 0.6) is 0 Å². The summed E-state index contributed by atoms with van der Waals surface area (Å²) in [4.78, 5) is 30.5. The number of likely N-dealkylation sites (tertiary alicyclic amines) is 1. The zero-order chi connectivity index (χ0) is 21.8. The van der Waals surface area contributed by atoms with E-state index in [1.807, 2.05) is 4.90 Å². The number of hydrogen-bond acceptors (Lipinski definition) is 6. The van der Waals surface area contributed by atoms with Gasteiger partial charge in [-0.3, -0.25) is 14.5 Å².